The van der Waals surface area contributed by atoms with Gasteiger partial charge in [-0.25, -0.2) is 0 Å². The van der Waals surface area contributed by atoms with Gasteiger partial charge in [-0.2, -0.15) is 0 Å². The third-order valence-corrected chi connectivity index (χ3v) is 1.84. The van der Waals surface area contributed by atoms with Crippen LogP contribution >= 0.6 is 0 Å². The van der Waals surface area contributed by atoms with Gasteiger partial charge in [-0.3, -0.25) is 4.79 Å². The Bertz CT molecular complexity index is 296. The minimum absolute atomic E-state index is 0.208. The molecule has 3 nitrogen and oxygen atoms in total. The van der Waals surface area contributed by atoms with Gasteiger partial charge in [0.15, 0.2) is 11.5 Å². The highest BCUT2D eigenvalue weighted by Crippen LogP contribution is 2.20. The van der Waals surface area contributed by atoms with E-state index in [-0.39, 0.29) is 16.7 Å². The molecule has 0 aromatic heterocycles. The first kappa shape index (κ1) is 7.81. The van der Waals surface area contributed by atoms with Crippen molar-refractivity contribution < 1.29 is 15.0 Å². The van der Waals surface area contributed by atoms with Crippen molar-refractivity contribution in [2.24, 2.45) is 0 Å². The number of phenolic OH excluding ortho intramolecular Hbond substituents is 2. The van der Waals surface area contributed by atoms with Gasteiger partial charge in [0.1, 0.15) is 6.29 Å². The van der Waals surface area contributed by atoms with Gasteiger partial charge in [-0.15, -0.1) is 0 Å². The zero-order valence-corrected chi connectivity index (χ0v) is 6.53. The molecule has 2 N–H and O–H groups in total. The predicted octanol–water partition coefficient (Wildman–Crippen LogP) is -0.296. The number of carbonyl (C=O) groups excluding carboxylic acids is 1. The summed E-state index contributed by atoms with van der Waals surface area (Å²) in [7, 11) is 3.00. The third kappa shape index (κ3) is 1.25. The first-order valence-electron chi connectivity index (χ1n) is 2.88. The first-order chi connectivity index (χ1) is 5.16. The van der Waals surface area contributed by atoms with Crippen molar-refractivity contribution in [1.29, 1.82) is 0 Å². The normalized spacial score (nSPS) is 9.55. The van der Waals surface area contributed by atoms with E-state index in [2.05, 4.69) is 10.2 Å². The summed E-state index contributed by atoms with van der Waals surface area (Å²) in [6.45, 7) is 0. The van der Waals surface area contributed by atoms with Gasteiger partial charge in [0, 0.05) is 5.56 Å². The largest absolute Gasteiger partial charge is 0.504 e. The first-order valence-corrected chi connectivity index (χ1v) is 3.38. The monoisotopic (exact) mass is 165 g/mol. The molecule has 0 spiro atoms. The van der Waals surface area contributed by atoms with Crippen LogP contribution in [0.3, 0.4) is 0 Å². The molecule has 55 valence electrons. The zero-order valence-electron chi connectivity index (χ0n) is 5.53. The summed E-state index contributed by atoms with van der Waals surface area (Å²) in [5.41, 5.74) is 0.303. The topological polar surface area (TPSA) is 57.5 Å². The molecule has 3 radical (unpaired) electrons. The van der Waals surface area contributed by atoms with Gasteiger partial charge in [0.2, 0.25) is 0 Å². The number of carbonyl (C=O) groups is 1. The quantitative estimate of drug-likeness (QED) is 0.341. The summed E-state index contributed by atoms with van der Waals surface area (Å²) in [6, 6.07) is 2.66. The summed E-state index contributed by atoms with van der Waals surface area (Å²) < 4.78 is 0. The molecule has 11 heavy (non-hydrogen) atoms. The minimum Gasteiger partial charge on any atom is -0.504 e. The summed E-state index contributed by atoms with van der Waals surface area (Å²) in [5.74, 6) is -0.563. The fraction of sp³-hybridized carbons (Fsp3) is 0. The number of rotatable bonds is 1. The number of hydrogen-bond donors (Lipinski definition) is 2. The maximum Gasteiger partial charge on any atom is 0.157 e. The Hall–Kier alpha value is -1.29. The Morgan fingerprint density at radius 3 is 2.55 bits per heavy atom. The van der Waals surface area contributed by atoms with E-state index in [1.165, 1.54) is 12.1 Å². The smallest absolute Gasteiger partial charge is 0.157 e. The molecule has 1 aromatic rings. The van der Waals surface area contributed by atoms with Crippen molar-refractivity contribution in [3.05, 3.63) is 17.7 Å². The highest BCUT2D eigenvalue weighted by molar-refractivity contribution is 6.37. The number of aldehydes is 1. The molecule has 0 fully saturated rings. The Morgan fingerprint density at radius 2 is 2.00 bits per heavy atom. The number of aromatic hydroxyl groups is 2. The summed E-state index contributed by atoms with van der Waals surface area (Å²) in [6.07, 6.45) is 0.585. The van der Waals surface area contributed by atoms with Crippen LogP contribution in [0.2, 0.25) is 0 Å². The lowest BCUT2D eigenvalue weighted by atomic mass is 10.2. The molecule has 0 saturated heterocycles. The molecule has 0 saturated carbocycles. The number of benzene rings is 1. The van der Waals surface area contributed by atoms with E-state index in [1.807, 2.05) is 0 Å². The molecule has 1 aromatic carbocycles. The molecule has 4 heteroatoms. The fourth-order valence-corrected chi connectivity index (χ4v) is 0.964. The van der Waals surface area contributed by atoms with E-state index in [0.29, 0.717) is 11.8 Å². The van der Waals surface area contributed by atoms with Gasteiger partial charge >= 0.3 is 0 Å². The minimum atomic E-state index is -0.314. The SMILES string of the molecule is O=Cc1ccc(O)c(O)c1[Si]. The average molecular weight is 165 g/mol. The molecule has 0 aliphatic heterocycles. The van der Waals surface area contributed by atoms with Crippen LogP contribution in [0.5, 0.6) is 11.5 Å². The summed E-state index contributed by atoms with van der Waals surface area (Å²) in [4.78, 5) is 10.3. The summed E-state index contributed by atoms with van der Waals surface area (Å²) >= 11 is 0. The molecule has 0 amide bonds. The second kappa shape index (κ2) is 2.75. The zero-order chi connectivity index (χ0) is 8.43. The maximum atomic E-state index is 10.3. The van der Waals surface area contributed by atoms with Gasteiger partial charge in [-0.1, -0.05) is 0 Å². The predicted molar refractivity (Wildman–Crippen MR) is 40.5 cm³/mol. The van der Waals surface area contributed by atoms with E-state index in [9.17, 15) is 4.79 Å². The fourth-order valence-electron chi connectivity index (χ4n) is 0.694. The van der Waals surface area contributed by atoms with Crippen LogP contribution in [-0.2, 0) is 0 Å². The van der Waals surface area contributed by atoms with Crippen LogP contribution in [0.1, 0.15) is 10.4 Å². The molecular formula is C7H5O3Si. The van der Waals surface area contributed by atoms with E-state index in [4.69, 9.17) is 10.2 Å². The van der Waals surface area contributed by atoms with Crippen molar-refractivity contribution in [2.75, 3.05) is 0 Å². The van der Waals surface area contributed by atoms with Crippen molar-refractivity contribution >= 4 is 21.7 Å². The van der Waals surface area contributed by atoms with Gasteiger partial charge in [-0.05, 0) is 17.3 Å². The number of hydrogen-bond acceptors (Lipinski definition) is 3. The Labute approximate surface area is 66.7 Å². The highest BCUT2D eigenvalue weighted by Gasteiger charge is 2.05. The maximum absolute atomic E-state index is 10.3. The van der Waals surface area contributed by atoms with Crippen LogP contribution in [0.4, 0.5) is 0 Å². The average Bonchev–Trinajstić information content (AvgIpc) is 2.01. The van der Waals surface area contributed by atoms with Crippen molar-refractivity contribution in [3.63, 3.8) is 0 Å². The third-order valence-electron chi connectivity index (χ3n) is 1.32. The van der Waals surface area contributed by atoms with E-state index in [0.717, 1.165) is 0 Å². The van der Waals surface area contributed by atoms with Crippen LogP contribution in [-0.4, -0.2) is 26.7 Å². The molecule has 0 aliphatic rings. The molecule has 0 atom stereocenters. The molecule has 0 unspecified atom stereocenters. The molecule has 0 heterocycles. The van der Waals surface area contributed by atoms with Gasteiger partial charge in [0.25, 0.3) is 0 Å². The van der Waals surface area contributed by atoms with Crippen molar-refractivity contribution in [2.45, 2.75) is 0 Å². The van der Waals surface area contributed by atoms with Crippen molar-refractivity contribution in [3.8, 4) is 11.5 Å². The standard InChI is InChI=1S/C7H5O3Si/c8-3-4-1-2-5(9)6(10)7(4)11/h1-3,9-10H. The van der Waals surface area contributed by atoms with Crippen molar-refractivity contribution in [1.82, 2.24) is 0 Å². The lowest BCUT2D eigenvalue weighted by Crippen LogP contribution is -2.09. The Balaban J connectivity index is 3.36. The Morgan fingerprint density at radius 1 is 1.36 bits per heavy atom. The van der Waals surface area contributed by atoms with Crippen LogP contribution in [0.15, 0.2) is 12.1 Å². The lowest BCUT2D eigenvalue weighted by molar-refractivity contribution is 0.112. The van der Waals surface area contributed by atoms with E-state index < -0.39 is 0 Å². The molecule has 0 aliphatic carbocycles. The summed E-state index contributed by atoms with van der Waals surface area (Å²) in [5, 5.41) is 18.2. The van der Waals surface area contributed by atoms with E-state index in [1.54, 1.807) is 0 Å². The second-order valence-electron chi connectivity index (χ2n) is 2.02. The van der Waals surface area contributed by atoms with Crippen LogP contribution < -0.4 is 5.19 Å². The lowest BCUT2D eigenvalue weighted by Gasteiger charge is -2.02. The van der Waals surface area contributed by atoms with Gasteiger partial charge < -0.3 is 10.2 Å². The number of phenols is 2. The second-order valence-corrected chi connectivity index (χ2v) is 2.52. The van der Waals surface area contributed by atoms with Crippen LogP contribution in [0, 0.1) is 0 Å². The molecular weight excluding hydrogens is 160 g/mol. The molecule has 0 bridgehead atoms. The van der Waals surface area contributed by atoms with E-state index >= 15 is 0 Å². The Kier molecular flexibility index (Phi) is 1.95. The van der Waals surface area contributed by atoms with Crippen LogP contribution in [0.25, 0.3) is 0 Å². The van der Waals surface area contributed by atoms with Gasteiger partial charge in [0.05, 0.1) is 10.2 Å². The molecule has 1 rings (SSSR count). The highest BCUT2D eigenvalue weighted by atomic mass is 28.1.